The van der Waals surface area contributed by atoms with Crippen LogP contribution in [0.25, 0.3) is 0 Å². The molecule has 0 radical (unpaired) electrons. The Kier molecular flexibility index (Phi) is 5.13. The zero-order valence-electron chi connectivity index (χ0n) is 16.8. The number of hydrogen-bond donors (Lipinski definition) is 0. The number of carbonyl (C=O) groups is 2. The third kappa shape index (κ3) is 3.90. The summed E-state index contributed by atoms with van der Waals surface area (Å²) in [5.74, 6) is -0.505. The molecule has 5 nitrogen and oxygen atoms in total. The molecule has 29 heavy (non-hydrogen) atoms. The van der Waals surface area contributed by atoms with Gasteiger partial charge in [-0.15, -0.1) is 0 Å². The predicted octanol–water partition coefficient (Wildman–Crippen LogP) is 3.48. The van der Waals surface area contributed by atoms with Crippen molar-refractivity contribution in [3.05, 3.63) is 65.0 Å². The Hall–Kier alpha value is -2.73. The number of aryl methyl sites for hydroxylation is 2. The highest BCUT2D eigenvalue weighted by molar-refractivity contribution is 5.96. The van der Waals surface area contributed by atoms with Crippen molar-refractivity contribution in [3.63, 3.8) is 0 Å². The number of anilines is 1. The quantitative estimate of drug-likeness (QED) is 0.781. The molecule has 0 bridgehead atoms. The van der Waals surface area contributed by atoms with Gasteiger partial charge >= 0.3 is 0 Å². The topological polar surface area (TPSA) is 49.9 Å². The maximum absolute atomic E-state index is 13.6. The number of morpholine rings is 1. The molecule has 0 unspecified atom stereocenters. The van der Waals surface area contributed by atoms with E-state index in [2.05, 4.69) is 0 Å². The van der Waals surface area contributed by atoms with Crippen LogP contribution < -0.4 is 4.90 Å². The minimum Gasteiger partial charge on any atom is -0.363 e. The Bertz CT molecular complexity index is 951. The molecule has 2 aliphatic heterocycles. The number of hydrogen-bond acceptors (Lipinski definition) is 3. The molecule has 2 fully saturated rings. The van der Waals surface area contributed by atoms with Crippen LogP contribution >= 0.6 is 0 Å². The van der Waals surface area contributed by atoms with Crippen LogP contribution in [0.3, 0.4) is 0 Å². The maximum atomic E-state index is 13.6. The Balaban J connectivity index is 1.47. The van der Waals surface area contributed by atoms with Gasteiger partial charge in [-0.2, -0.15) is 0 Å². The molecule has 2 saturated heterocycles. The van der Waals surface area contributed by atoms with E-state index < -0.39 is 5.60 Å². The lowest BCUT2D eigenvalue weighted by Gasteiger charge is -2.47. The van der Waals surface area contributed by atoms with E-state index in [9.17, 15) is 14.0 Å². The fraction of sp³-hybridized carbons (Fsp3) is 0.391. The lowest BCUT2D eigenvalue weighted by Crippen LogP contribution is -2.59. The molecule has 0 aliphatic carbocycles. The summed E-state index contributed by atoms with van der Waals surface area (Å²) < 4.78 is 19.6. The van der Waals surface area contributed by atoms with E-state index in [-0.39, 0.29) is 24.2 Å². The first-order chi connectivity index (χ1) is 13.9. The first-order valence-electron chi connectivity index (χ1n) is 9.93. The van der Waals surface area contributed by atoms with Crippen molar-refractivity contribution in [2.45, 2.75) is 32.3 Å². The summed E-state index contributed by atoms with van der Waals surface area (Å²) in [4.78, 5) is 28.8. The van der Waals surface area contributed by atoms with Crippen molar-refractivity contribution in [1.29, 1.82) is 0 Å². The number of amides is 2. The summed E-state index contributed by atoms with van der Waals surface area (Å²) >= 11 is 0. The van der Waals surface area contributed by atoms with E-state index >= 15 is 0 Å². The molecule has 2 amide bonds. The number of ether oxygens (including phenoxy) is 1. The Morgan fingerprint density at radius 3 is 2.59 bits per heavy atom. The van der Waals surface area contributed by atoms with E-state index in [1.54, 1.807) is 17.0 Å². The lowest BCUT2D eigenvalue weighted by molar-refractivity contribution is -0.143. The molecule has 2 aliphatic rings. The monoisotopic (exact) mass is 396 g/mol. The Morgan fingerprint density at radius 1 is 1.10 bits per heavy atom. The fourth-order valence-electron chi connectivity index (χ4n) is 4.15. The van der Waals surface area contributed by atoms with E-state index in [1.807, 2.05) is 36.9 Å². The van der Waals surface area contributed by atoms with Gasteiger partial charge in [0.25, 0.3) is 11.8 Å². The summed E-state index contributed by atoms with van der Waals surface area (Å²) in [7, 11) is 0. The molecular formula is C23H25FN2O3. The van der Waals surface area contributed by atoms with Crippen molar-refractivity contribution < 1.29 is 18.7 Å². The second-order valence-electron chi connectivity index (χ2n) is 8.04. The van der Waals surface area contributed by atoms with Gasteiger partial charge in [0.15, 0.2) is 0 Å². The van der Waals surface area contributed by atoms with Gasteiger partial charge in [-0.3, -0.25) is 9.59 Å². The minimum absolute atomic E-state index is 0.0263. The van der Waals surface area contributed by atoms with Crippen molar-refractivity contribution in [2.75, 3.05) is 31.1 Å². The molecule has 0 N–H and O–H groups in total. The van der Waals surface area contributed by atoms with Crippen LogP contribution in [0, 0.1) is 19.7 Å². The van der Waals surface area contributed by atoms with Crippen LogP contribution in [0.4, 0.5) is 10.1 Å². The molecule has 0 atom stereocenters. The predicted molar refractivity (Wildman–Crippen MR) is 108 cm³/mol. The number of rotatable bonds is 2. The smallest absolute Gasteiger partial charge is 0.254 e. The van der Waals surface area contributed by atoms with Gasteiger partial charge in [0, 0.05) is 24.3 Å². The van der Waals surface area contributed by atoms with Gasteiger partial charge in [-0.05, 0) is 56.5 Å². The van der Waals surface area contributed by atoms with Crippen LogP contribution in [-0.2, 0) is 9.53 Å². The van der Waals surface area contributed by atoms with Crippen LogP contribution in [0.15, 0.2) is 42.5 Å². The third-order valence-electron chi connectivity index (χ3n) is 5.95. The summed E-state index contributed by atoms with van der Waals surface area (Å²) in [6.45, 7) is 5.41. The number of piperidine rings is 1. The van der Waals surface area contributed by atoms with Crippen molar-refractivity contribution in [1.82, 2.24) is 4.90 Å². The standard InChI is InChI=1S/C23H25FN2O3/c1-16-6-7-17(2)20(12-16)22(28)25-10-8-23(9-11-25)15-26(21(27)14-29-23)19-5-3-4-18(24)13-19/h3-7,12-13H,8-11,14-15H2,1-2H3. The molecule has 2 aromatic rings. The van der Waals surface area contributed by atoms with E-state index in [4.69, 9.17) is 4.74 Å². The molecule has 1 spiro atoms. The second-order valence-corrected chi connectivity index (χ2v) is 8.04. The number of likely N-dealkylation sites (tertiary alicyclic amines) is 1. The zero-order valence-corrected chi connectivity index (χ0v) is 16.8. The minimum atomic E-state index is -0.501. The average molecular weight is 396 g/mol. The lowest BCUT2D eigenvalue weighted by atomic mass is 9.88. The van der Waals surface area contributed by atoms with Gasteiger partial charge < -0.3 is 14.5 Å². The molecule has 152 valence electrons. The number of halogens is 1. The molecule has 0 saturated carbocycles. The number of nitrogens with zero attached hydrogens (tertiary/aromatic N) is 2. The first kappa shape index (κ1) is 19.6. The summed E-state index contributed by atoms with van der Waals surface area (Å²) in [6.07, 6.45) is 1.28. The van der Waals surface area contributed by atoms with Gasteiger partial charge in [-0.25, -0.2) is 4.39 Å². The first-order valence-corrected chi connectivity index (χ1v) is 9.93. The summed E-state index contributed by atoms with van der Waals surface area (Å²) in [5, 5.41) is 0. The highest BCUT2D eigenvalue weighted by Gasteiger charge is 2.43. The van der Waals surface area contributed by atoms with Gasteiger partial charge in [0.05, 0.1) is 12.1 Å². The zero-order chi connectivity index (χ0) is 20.6. The average Bonchev–Trinajstić information content (AvgIpc) is 2.72. The Labute approximate surface area is 170 Å². The van der Waals surface area contributed by atoms with Crippen molar-refractivity contribution in [2.24, 2.45) is 0 Å². The number of carbonyl (C=O) groups excluding carboxylic acids is 2. The molecule has 4 rings (SSSR count). The molecule has 2 aromatic carbocycles. The number of benzene rings is 2. The normalized spacial score (nSPS) is 18.9. The van der Waals surface area contributed by atoms with Crippen molar-refractivity contribution >= 4 is 17.5 Å². The van der Waals surface area contributed by atoms with Crippen LogP contribution in [-0.4, -0.2) is 48.6 Å². The van der Waals surface area contributed by atoms with Gasteiger partial charge in [0.1, 0.15) is 12.4 Å². The van der Waals surface area contributed by atoms with Crippen LogP contribution in [0.2, 0.25) is 0 Å². The third-order valence-corrected chi connectivity index (χ3v) is 5.95. The second kappa shape index (κ2) is 7.59. The Morgan fingerprint density at radius 2 is 1.86 bits per heavy atom. The van der Waals surface area contributed by atoms with Crippen LogP contribution in [0.1, 0.15) is 34.3 Å². The van der Waals surface area contributed by atoms with E-state index in [0.29, 0.717) is 38.2 Å². The summed E-state index contributed by atoms with van der Waals surface area (Å²) in [5.41, 5.74) is 2.82. The van der Waals surface area contributed by atoms with Gasteiger partial charge in [-0.1, -0.05) is 23.8 Å². The van der Waals surface area contributed by atoms with E-state index in [1.165, 1.54) is 12.1 Å². The largest absolute Gasteiger partial charge is 0.363 e. The molecule has 6 heteroatoms. The van der Waals surface area contributed by atoms with Crippen LogP contribution in [0.5, 0.6) is 0 Å². The SMILES string of the molecule is Cc1ccc(C)c(C(=O)N2CCC3(CC2)CN(c2cccc(F)c2)C(=O)CO3)c1. The van der Waals surface area contributed by atoms with E-state index in [0.717, 1.165) is 16.7 Å². The maximum Gasteiger partial charge on any atom is 0.254 e. The van der Waals surface area contributed by atoms with Crippen molar-refractivity contribution in [3.8, 4) is 0 Å². The highest BCUT2D eigenvalue weighted by atomic mass is 19.1. The molecule has 2 heterocycles. The molecule has 0 aromatic heterocycles. The summed E-state index contributed by atoms with van der Waals surface area (Å²) in [6, 6.07) is 12.0. The van der Waals surface area contributed by atoms with Gasteiger partial charge in [0.2, 0.25) is 0 Å². The highest BCUT2D eigenvalue weighted by Crippen LogP contribution is 2.33. The fourth-order valence-corrected chi connectivity index (χ4v) is 4.15. The molecular weight excluding hydrogens is 371 g/mol.